The van der Waals surface area contributed by atoms with Crippen LogP contribution in [0.1, 0.15) is 26.3 Å². The van der Waals surface area contributed by atoms with Crippen LogP contribution in [0.15, 0.2) is 54.9 Å². The molecule has 0 fully saturated rings. The van der Waals surface area contributed by atoms with Crippen LogP contribution in [0.2, 0.25) is 0 Å². The summed E-state index contributed by atoms with van der Waals surface area (Å²) >= 11 is 0. The van der Waals surface area contributed by atoms with Gasteiger partial charge in [0.2, 0.25) is 5.95 Å². The number of nitrogens with zero attached hydrogens (tertiary/aromatic N) is 4. The van der Waals surface area contributed by atoms with Crippen molar-refractivity contribution in [2.24, 2.45) is 0 Å². The molecule has 4 aromatic rings. The Morgan fingerprint density at radius 2 is 1.87 bits per heavy atom. The third kappa shape index (κ3) is 4.16. The number of fused-ring (bicyclic) bond motifs is 1. The van der Waals surface area contributed by atoms with Crippen LogP contribution >= 0.6 is 0 Å². The summed E-state index contributed by atoms with van der Waals surface area (Å²) in [6.07, 6.45) is 4.56. The Labute approximate surface area is 174 Å². The van der Waals surface area contributed by atoms with Crippen LogP contribution in [0.5, 0.6) is 0 Å². The van der Waals surface area contributed by atoms with Crippen molar-refractivity contribution in [2.75, 3.05) is 11.9 Å². The molecular formula is C23H24FN5O. The van der Waals surface area contributed by atoms with Gasteiger partial charge >= 0.3 is 0 Å². The molecule has 7 heteroatoms. The molecule has 1 aromatic carbocycles. The Balaban J connectivity index is 1.86. The van der Waals surface area contributed by atoms with Gasteiger partial charge in [-0.15, -0.1) is 0 Å². The fourth-order valence-corrected chi connectivity index (χ4v) is 3.23. The van der Waals surface area contributed by atoms with Gasteiger partial charge in [-0.2, -0.15) is 0 Å². The number of aliphatic hydroxyl groups is 1. The number of aryl methyl sites for hydroxylation is 1. The van der Waals surface area contributed by atoms with Gasteiger partial charge in [0, 0.05) is 24.5 Å². The van der Waals surface area contributed by atoms with Gasteiger partial charge in [-0.25, -0.2) is 19.3 Å². The highest BCUT2D eigenvalue weighted by atomic mass is 19.1. The van der Waals surface area contributed by atoms with E-state index in [-0.39, 0.29) is 5.82 Å². The summed E-state index contributed by atoms with van der Waals surface area (Å²) in [5, 5.41) is 13.0. The van der Waals surface area contributed by atoms with Gasteiger partial charge < -0.3 is 10.4 Å². The zero-order chi connectivity index (χ0) is 21.3. The monoisotopic (exact) mass is 405 g/mol. The molecule has 0 aliphatic heterocycles. The SMILES string of the molecule is CCc1ccn2c(-c3ccnc(NCC(C)(C)O)n3)c(-c3ccc(F)cc3)nc2c1. The lowest BCUT2D eigenvalue weighted by Crippen LogP contribution is -2.29. The van der Waals surface area contributed by atoms with Crippen molar-refractivity contribution < 1.29 is 9.50 Å². The first-order valence-corrected chi connectivity index (χ1v) is 9.90. The lowest BCUT2D eigenvalue weighted by Gasteiger charge is -2.17. The molecule has 3 aromatic heterocycles. The largest absolute Gasteiger partial charge is 0.389 e. The van der Waals surface area contributed by atoms with E-state index in [1.807, 2.05) is 22.7 Å². The molecule has 6 nitrogen and oxygen atoms in total. The van der Waals surface area contributed by atoms with Crippen LogP contribution in [-0.4, -0.2) is 36.6 Å². The number of benzene rings is 1. The Morgan fingerprint density at radius 3 is 2.57 bits per heavy atom. The molecule has 30 heavy (non-hydrogen) atoms. The second-order valence-corrected chi connectivity index (χ2v) is 7.86. The summed E-state index contributed by atoms with van der Waals surface area (Å²) in [5.74, 6) is 0.122. The number of anilines is 1. The van der Waals surface area contributed by atoms with Crippen LogP contribution < -0.4 is 5.32 Å². The molecule has 0 aliphatic rings. The zero-order valence-corrected chi connectivity index (χ0v) is 17.2. The van der Waals surface area contributed by atoms with Gasteiger partial charge in [0.1, 0.15) is 11.5 Å². The highest BCUT2D eigenvalue weighted by Crippen LogP contribution is 2.32. The maximum atomic E-state index is 13.5. The summed E-state index contributed by atoms with van der Waals surface area (Å²) in [7, 11) is 0. The van der Waals surface area contributed by atoms with Crippen LogP contribution in [0.3, 0.4) is 0 Å². The van der Waals surface area contributed by atoms with Gasteiger partial charge in [0.25, 0.3) is 0 Å². The van der Waals surface area contributed by atoms with Gasteiger partial charge in [-0.1, -0.05) is 6.92 Å². The van der Waals surface area contributed by atoms with E-state index < -0.39 is 5.60 Å². The minimum Gasteiger partial charge on any atom is -0.389 e. The maximum Gasteiger partial charge on any atom is 0.223 e. The summed E-state index contributed by atoms with van der Waals surface area (Å²) in [6.45, 7) is 5.84. The average Bonchev–Trinajstić information content (AvgIpc) is 3.11. The fourth-order valence-electron chi connectivity index (χ4n) is 3.23. The fraction of sp³-hybridized carbons (Fsp3) is 0.261. The molecular weight excluding hydrogens is 381 g/mol. The lowest BCUT2D eigenvalue weighted by molar-refractivity contribution is 0.0943. The number of rotatable bonds is 6. The lowest BCUT2D eigenvalue weighted by atomic mass is 10.1. The average molecular weight is 405 g/mol. The standard InChI is InChI=1S/C23H24FN5O/c1-4-15-10-12-29-19(13-15)28-20(16-5-7-17(24)8-6-16)21(29)18-9-11-25-22(27-18)26-14-23(2,3)30/h5-13,30H,4,14H2,1-3H3,(H,25,26,27). The number of hydrogen-bond acceptors (Lipinski definition) is 5. The molecule has 0 amide bonds. The Hall–Kier alpha value is -3.32. The Morgan fingerprint density at radius 1 is 1.10 bits per heavy atom. The smallest absolute Gasteiger partial charge is 0.223 e. The normalized spacial score (nSPS) is 11.8. The third-order valence-electron chi connectivity index (χ3n) is 4.79. The first kappa shape index (κ1) is 20.0. The van der Waals surface area contributed by atoms with Crippen LogP contribution in [-0.2, 0) is 6.42 Å². The molecule has 154 valence electrons. The third-order valence-corrected chi connectivity index (χ3v) is 4.79. The number of aromatic nitrogens is 4. The van der Waals surface area contributed by atoms with Crippen molar-refractivity contribution in [2.45, 2.75) is 32.8 Å². The highest BCUT2D eigenvalue weighted by molar-refractivity contribution is 5.80. The van der Waals surface area contributed by atoms with E-state index in [4.69, 9.17) is 4.98 Å². The second-order valence-electron chi connectivity index (χ2n) is 7.86. The Bertz CT molecular complexity index is 1180. The zero-order valence-electron chi connectivity index (χ0n) is 17.2. The Kier molecular flexibility index (Phi) is 5.22. The number of pyridine rings is 1. The van der Waals surface area contributed by atoms with E-state index in [0.717, 1.165) is 29.0 Å². The van der Waals surface area contributed by atoms with Crippen LogP contribution in [0.4, 0.5) is 10.3 Å². The van der Waals surface area contributed by atoms with Gasteiger partial charge in [-0.05, 0) is 68.3 Å². The van der Waals surface area contributed by atoms with Crippen molar-refractivity contribution in [3.8, 4) is 22.6 Å². The van der Waals surface area contributed by atoms with E-state index in [9.17, 15) is 9.50 Å². The van der Waals surface area contributed by atoms with E-state index in [0.29, 0.717) is 18.2 Å². The van der Waals surface area contributed by atoms with Crippen LogP contribution in [0, 0.1) is 5.82 Å². The highest BCUT2D eigenvalue weighted by Gasteiger charge is 2.19. The number of nitrogens with one attached hydrogen (secondary N) is 1. The van der Waals surface area contributed by atoms with Crippen LogP contribution in [0.25, 0.3) is 28.3 Å². The molecule has 0 unspecified atom stereocenters. The van der Waals surface area contributed by atoms with E-state index in [1.165, 1.54) is 17.7 Å². The van der Waals surface area contributed by atoms with Crippen molar-refractivity contribution >= 4 is 11.6 Å². The van der Waals surface area contributed by atoms with E-state index in [2.05, 4.69) is 28.3 Å². The van der Waals surface area contributed by atoms with Gasteiger partial charge in [0.05, 0.1) is 22.7 Å². The number of halogens is 1. The topological polar surface area (TPSA) is 75.3 Å². The number of imidazole rings is 1. The van der Waals surface area contributed by atoms with Crippen molar-refractivity contribution in [1.29, 1.82) is 0 Å². The van der Waals surface area contributed by atoms with Gasteiger partial charge in [-0.3, -0.25) is 4.40 Å². The summed E-state index contributed by atoms with van der Waals surface area (Å²) < 4.78 is 15.5. The quantitative estimate of drug-likeness (QED) is 0.499. The van der Waals surface area contributed by atoms with E-state index in [1.54, 1.807) is 32.2 Å². The predicted octanol–water partition coefficient (Wildman–Crippen LogP) is 4.34. The molecule has 0 atom stereocenters. The molecule has 0 aliphatic carbocycles. The number of hydrogen-bond donors (Lipinski definition) is 2. The minimum atomic E-state index is -0.890. The summed E-state index contributed by atoms with van der Waals surface area (Å²) in [5.41, 5.74) is 4.09. The molecule has 4 rings (SSSR count). The minimum absolute atomic E-state index is 0.294. The molecule has 0 radical (unpaired) electrons. The molecule has 0 saturated carbocycles. The second kappa shape index (κ2) is 7.84. The molecule has 2 N–H and O–H groups in total. The molecule has 0 saturated heterocycles. The van der Waals surface area contributed by atoms with Gasteiger partial charge in [0.15, 0.2) is 0 Å². The predicted molar refractivity (Wildman–Crippen MR) is 116 cm³/mol. The van der Waals surface area contributed by atoms with E-state index >= 15 is 0 Å². The first-order chi connectivity index (χ1) is 14.3. The van der Waals surface area contributed by atoms with Crippen molar-refractivity contribution in [3.05, 3.63) is 66.2 Å². The maximum absolute atomic E-state index is 13.5. The van der Waals surface area contributed by atoms with Crippen molar-refractivity contribution in [1.82, 2.24) is 19.4 Å². The molecule has 0 bridgehead atoms. The summed E-state index contributed by atoms with van der Waals surface area (Å²) in [4.78, 5) is 13.7. The molecule has 0 spiro atoms. The summed E-state index contributed by atoms with van der Waals surface area (Å²) in [6, 6.07) is 12.2. The van der Waals surface area contributed by atoms with Crippen molar-refractivity contribution in [3.63, 3.8) is 0 Å². The molecule has 3 heterocycles. The first-order valence-electron chi connectivity index (χ1n) is 9.90.